The number of rotatable bonds is 4. The Morgan fingerprint density at radius 2 is 2.00 bits per heavy atom. The highest BCUT2D eigenvalue weighted by Gasteiger charge is 2.25. The van der Waals surface area contributed by atoms with Gasteiger partial charge in [0.1, 0.15) is 0 Å². The van der Waals surface area contributed by atoms with Gasteiger partial charge in [-0.15, -0.1) is 24.0 Å². The molecule has 1 aliphatic rings. The molecular weight excluding hydrogens is 461 g/mol. The van der Waals surface area contributed by atoms with Crippen LogP contribution >= 0.6 is 24.0 Å². The second-order valence-corrected chi connectivity index (χ2v) is 6.86. The molecule has 0 saturated carbocycles. The number of hydrogen-bond donors (Lipinski definition) is 1. The maximum atomic E-state index is 4.50. The van der Waals surface area contributed by atoms with Gasteiger partial charge in [-0.3, -0.25) is 4.99 Å². The molecule has 1 fully saturated rings. The molecule has 146 valence electrons. The molecule has 6 heteroatoms. The zero-order chi connectivity index (χ0) is 18.5. The molecular formula is C22H26IN5. The Labute approximate surface area is 183 Å². The molecule has 5 nitrogen and oxygen atoms in total. The largest absolute Gasteiger partial charge is 0.352 e. The Bertz CT molecular complexity index is 892. The van der Waals surface area contributed by atoms with E-state index >= 15 is 0 Å². The summed E-state index contributed by atoms with van der Waals surface area (Å²) in [6.07, 6.45) is 4.92. The van der Waals surface area contributed by atoms with Crippen LogP contribution in [0.25, 0.3) is 5.69 Å². The molecule has 0 amide bonds. The molecule has 1 aromatic heterocycles. The van der Waals surface area contributed by atoms with E-state index in [2.05, 4.69) is 74.9 Å². The van der Waals surface area contributed by atoms with E-state index in [1.807, 2.05) is 24.0 Å². The van der Waals surface area contributed by atoms with Crippen molar-refractivity contribution in [2.24, 2.45) is 4.99 Å². The minimum Gasteiger partial charge on any atom is -0.352 e. The van der Waals surface area contributed by atoms with E-state index in [1.165, 1.54) is 17.5 Å². The molecule has 1 saturated heterocycles. The van der Waals surface area contributed by atoms with Crippen LogP contribution in [0.4, 0.5) is 0 Å². The monoisotopic (exact) mass is 487 g/mol. The summed E-state index contributed by atoms with van der Waals surface area (Å²) in [5.74, 6) is 1.55. The van der Waals surface area contributed by atoms with Gasteiger partial charge < -0.3 is 10.2 Å². The van der Waals surface area contributed by atoms with Crippen LogP contribution in [0.3, 0.4) is 0 Å². The third-order valence-electron chi connectivity index (χ3n) is 5.10. The van der Waals surface area contributed by atoms with Crippen LogP contribution < -0.4 is 5.32 Å². The Balaban J connectivity index is 0.00000225. The molecule has 0 radical (unpaired) electrons. The second kappa shape index (κ2) is 9.73. The molecule has 1 atom stereocenters. The number of aliphatic imine (C=N–C) groups is 1. The number of hydrogen-bond acceptors (Lipinski definition) is 2. The predicted molar refractivity (Wildman–Crippen MR) is 125 cm³/mol. The normalized spacial score (nSPS) is 16.7. The number of halogens is 1. The average molecular weight is 487 g/mol. The molecule has 2 heterocycles. The van der Waals surface area contributed by atoms with Crippen molar-refractivity contribution in [2.75, 3.05) is 20.1 Å². The van der Waals surface area contributed by atoms with Crippen molar-refractivity contribution in [1.82, 2.24) is 20.0 Å². The smallest absolute Gasteiger partial charge is 0.193 e. The minimum absolute atomic E-state index is 0. The van der Waals surface area contributed by atoms with E-state index in [-0.39, 0.29) is 24.0 Å². The first-order valence-electron chi connectivity index (χ1n) is 9.43. The number of benzene rings is 2. The van der Waals surface area contributed by atoms with Gasteiger partial charge in [-0.2, -0.15) is 5.10 Å². The maximum Gasteiger partial charge on any atom is 0.193 e. The summed E-state index contributed by atoms with van der Waals surface area (Å²) in [5, 5.41) is 7.82. The quantitative estimate of drug-likeness (QED) is 0.343. The highest BCUT2D eigenvalue weighted by Crippen LogP contribution is 2.26. The van der Waals surface area contributed by atoms with Gasteiger partial charge in [0.15, 0.2) is 5.96 Å². The van der Waals surface area contributed by atoms with Crippen LogP contribution in [-0.2, 0) is 6.54 Å². The van der Waals surface area contributed by atoms with E-state index in [0.29, 0.717) is 5.92 Å². The standard InChI is InChI=1S/C22H25N5.HI/c1-23-22(26-14-11-20(17-26)19-8-3-2-4-9-19)24-16-18-7-5-10-21(15-18)27-13-6-12-25-27;/h2-10,12-13,15,20H,11,14,16-17H2,1H3,(H,23,24);1H. The van der Waals surface area contributed by atoms with Gasteiger partial charge in [-0.05, 0) is 35.7 Å². The van der Waals surface area contributed by atoms with Crippen molar-refractivity contribution in [3.8, 4) is 5.69 Å². The maximum absolute atomic E-state index is 4.50. The lowest BCUT2D eigenvalue weighted by atomic mass is 9.99. The van der Waals surface area contributed by atoms with E-state index in [4.69, 9.17) is 0 Å². The lowest BCUT2D eigenvalue weighted by Crippen LogP contribution is -2.39. The average Bonchev–Trinajstić information content (AvgIpc) is 3.42. The van der Waals surface area contributed by atoms with Gasteiger partial charge in [0.25, 0.3) is 0 Å². The van der Waals surface area contributed by atoms with E-state index in [0.717, 1.165) is 31.3 Å². The summed E-state index contributed by atoms with van der Waals surface area (Å²) in [6, 6.07) is 21.1. The predicted octanol–water partition coefficient (Wildman–Crippen LogP) is 4.06. The summed E-state index contributed by atoms with van der Waals surface area (Å²) >= 11 is 0. The summed E-state index contributed by atoms with van der Waals surface area (Å²) in [5.41, 5.74) is 3.70. The topological polar surface area (TPSA) is 45.5 Å². The first-order valence-corrected chi connectivity index (χ1v) is 9.43. The number of guanidine groups is 1. The zero-order valence-corrected chi connectivity index (χ0v) is 18.4. The van der Waals surface area contributed by atoms with Crippen molar-refractivity contribution in [3.63, 3.8) is 0 Å². The van der Waals surface area contributed by atoms with Gasteiger partial charge >= 0.3 is 0 Å². The van der Waals surface area contributed by atoms with Gasteiger partial charge in [0.2, 0.25) is 0 Å². The van der Waals surface area contributed by atoms with Gasteiger partial charge in [0, 0.05) is 45.0 Å². The third-order valence-corrected chi connectivity index (χ3v) is 5.10. The summed E-state index contributed by atoms with van der Waals surface area (Å²) in [7, 11) is 1.86. The van der Waals surface area contributed by atoms with Crippen LogP contribution in [0, 0.1) is 0 Å². The lowest BCUT2D eigenvalue weighted by molar-refractivity contribution is 0.486. The van der Waals surface area contributed by atoms with Gasteiger partial charge in [-0.1, -0.05) is 42.5 Å². The fraction of sp³-hybridized carbons (Fsp3) is 0.273. The molecule has 2 aromatic carbocycles. The summed E-state index contributed by atoms with van der Waals surface area (Å²) in [6.45, 7) is 2.79. The number of nitrogens with zero attached hydrogens (tertiary/aromatic N) is 4. The zero-order valence-electron chi connectivity index (χ0n) is 16.0. The first kappa shape index (κ1) is 20.4. The molecule has 0 spiro atoms. The third kappa shape index (κ3) is 4.73. The second-order valence-electron chi connectivity index (χ2n) is 6.86. The first-order chi connectivity index (χ1) is 13.3. The van der Waals surface area contributed by atoms with Crippen LogP contribution in [0.1, 0.15) is 23.5 Å². The summed E-state index contributed by atoms with van der Waals surface area (Å²) < 4.78 is 1.88. The Morgan fingerprint density at radius 1 is 1.14 bits per heavy atom. The number of likely N-dealkylation sites (tertiary alicyclic amines) is 1. The molecule has 4 rings (SSSR count). The van der Waals surface area contributed by atoms with Gasteiger partial charge in [0.05, 0.1) is 5.69 Å². The van der Waals surface area contributed by atoms with Crippen molar-refractivity contribution in [3.05, 3.63) is 84.2 Å². The van der Waals surface area contributed by atoms with Crippen LogP contribution in [0.5, 0.6) is 0 Å². The van der Waals surface area contributed by atoms with Gasteiger partial charge in [-0.25, -0.2) is 4.68 Å². The fourth-order valence-electron chi connectivity index (χ4n) is 3.69. The Morgan fingerprint density at radius 3 is 2.75 bits per heavy atom. The number of aromatic nitrogens is 2. The Hall–Kier alpha value is -2.35. The molecule has 1 N–H and O–H groups in total. The molecule has 1 aliphatic heterocycles. The molecule has 0 aliphatic carbocycles. The molecule has 3 aromatic rings. The summed E-state index contributed by atoms with van der Waals surface area (Å²) in [4.78, 5) is 6.86. The van der Waals surface area contributed by atoms with E-state index < -0.39 is 0 Å². The van der Waals surface area contributed by atoms with Crippen molar-refractivity contribution >= 4 is 29.9 Å². The molecule has 28 heavy (non-hydrogen) atoms. The highest BCUT2D eigenvalue weighted by atomic mass is 127. The Kier molecular flexibility index (Phi) is 7.08. The van der Waals surface area contributed by atoms with Crippen LogP contribution in [0.2, 0.25) is 0 Å². The SMILES string of the molecule is CN=C(NCc1cccc(-n2cccn2)c1)N1CCC(c2ccccc2)C1.I. The minimum atomic E-state index is 0. The fourth-order valence-corrected chi connectivity index (χ4v) is 3.69. The molecule has 1 unspecified atom stereocenters. The van der Waals surface area contributed by atoms with Crippen molar-refractivity contribution in [1.29, 1.82) is 0 Å². The lowest BCUT2D eigenvalue weighted by Gasteiger charge is -2.22. The van der Waals surface area contributed by atoms with Crippen LogP contribution in [-0.4, -0.2) is 40.8 Å². The highest BCUT2D eigenvalue weighted by molar-refractivity contribution is 14.0. The van der Waals surface area contributed by atoms with Crippen molar-refractivity contribution in [2.45, 2.75) is 18.9 Å². The van der Waals surface area contributed by atoms with Crippen molar-refractivity contribution < 1.29 is 0 Å². The van der Waals surface area contributed by atoms with E-state index in [1.54, 1.807) is 6.20 Å². The molecule has 0 bridgehead atoms. The number of nitrogens with one attached hydrogen (secondary N) is 1. The van der Waals surface area contributed by atoms with E-state index in [9.17, 15) is 0 Å². The van der Waals surface area contributed by atoms with Crippen LogP contribution in [0.15, 0.2) is 78.0 Å².